The molecule has 1 aromatic rings. The number of hydrogen-bond acceptors (Lipinski definition) is 5. The van der Waals surface area contributed by atoms with Crippen molar-refractivity contribution in [1.29, 1.82) is 0 Å². The number of carbonyl (C=O) groups excluding carboxylic acids is 2. The number of nitrogens with one attached hydrogen (secondary N) is 1. The molecular formula is C13H12N2O3. The van der Waals surface area contributed by atoms with Crippen molar-refractivity contribution in [3.8, 4) is 0 Å². The van der Waals surface area contributed by atoms with Crippen molar-refractivity contribution in [1.82, 2.24) is 0 Å². The molecule has 1 saturated carbocycles. The van der Waals surface area contributed by atoms with Crippen LogP contribution in [-0.2, 0) is 9.53 Å². The van der Waals surface area contributed by atoms with Crippen molar-refractivity contribution in [2.75, 3.05) is 17.3 Å². The maximum Gasteiger partial charge on any atom is 0.337 e. The van der Waals surface area contributed by atoms with Crippen molar-refractivity contribution in [3.63, 3.8) is 0 Å². The maximum absolute atomic E-state index is 11.4. The van der Waals surface area contributed by atoms with Crippen molar-refractivity contribution < 1.29 is 14.3 Å². The number of ether oxygens (including phenoxy) is 1. The largest absolute Gasteiger partial charge is 0.465 e. The fraction of sp³-hybridized carbons (Fsp3) is 0.308. The minimum absolute atomic E-state index is 0.374. The van der Waals surface area contributed by atoms with E-state index in [4.69, 9.17) is 0 Å². The van der Waals surface area contributed by atoms with Crippen LogP contribution < -0.4 is 10.2 Å². The van der Waals surface area contributed by atoms with Gasteiger partial charge in [0.2, 0.25) is 0 Å². The monoisotopic (exact) mass is 244 g/mol. The van der Waals surface area contributed by atoms with Crippen molar-refractivity contribution in [2.45, 2.75) is 18.9 Å². The Bertz CT molecular complexity index is 572. The van der Waals surface area contributed by atoms with Gasteiger partial charge in [-0.15, -0.1) is 0 Å². The molecule has 5 heteroatoms. The molecule has 0 bridgehead atoms. The molecule has 18 heavy (non-hydrogen) atoms. The van der Waals surface area contributed by atoms with Gasteiger partial charge in [0.25, 0.3) is 0 Å². The van der Waals surface area contributed by atoms with Gasteiger partial charge in [-0.05, 0) is 31.0 Å². The topological polar surface area (TPSA) is 58.6 Å². The van der Waals surface area contributed by atoms with E-state index in [1.807, 2.05) is 16.9 Å². The highest BCUT2D eigenvalue weighted by Crippen LogP contribution is 2.43. The predicted octanol–water partition coefficient (Wildman–Crippen LogP) is 1.54. The molecule has 0 amide bonds. The quantitative estimate of drug-likeness (QED) is 0.631. The Labute approximate surface area is 104 Å². The molecule has 0 unspecified atom stereocenters. The number of hydrogen-bond donors (Lipinski definition) is 1. The molecule has 0 spiro atoms. The molecule has 92 valence electrons. The highest BCUT2D eigenvalue weighted by atomic mass is 16.5. The van der Waals surface area contributed by atoms with Crippen molar-refractivity contribution in [3.05, 3.63) is 29.6 Å². The fourth-order valence-electron chi connectivity index (χ4n) is 2.19. The number of carbonyl (C=O) groups is 1. The molecule has 0 saturated heterocycles. The minimum Gasteiger partial charge on any atom is -0.465 e. The van der Waals surface area contributed by atoms with Gasteiger partial charge >= 0.3 is 5.97 Å². The average Bonchev–Trinajstić information content (AvgIpc) is 3.17. The maximum atomic E-state index is 11.4. The van der Waals surface area contributed by atoms with Crippen molar-refractivity contribution >= 4 is 23.3 Å². The second-order valence-corrected chi connectivity index (χ2v) is 4.40. The van der Waals surface area contributed by atoms with E-state index in [0.29, 0.717) is 17.4 Å². The van der Waals surface area contributed by atoms with Gasteiger partial charge in [0.1, 0.15) is 0 Å². The van der Waals surface area contributed by atoms with Gasteiger partial charge in [0.15, 0.2) is 11.8 Å². The smallest absolute Gasteiger partial charge is 0.337 e. The van der Waals surface area contributed by atoms with E-state index in [9.17, 15) is 9.59 Å². The zero-order valence-electron chi connectivity index (χ0n) is 9.90. The van der Waals surface area contributed by atoms with E-state index < -0.39 is 0 Å². The molecule has 1 aliphatic heterocycles. The van der Waals surface area contributed by atoms with E-state index in [1.54, 1.807) is 12.1 Å². The zero-order chi connectivity index (χ0) is 12.7. The Morgan fingerprint density at radius 3 is 2.89 bits per heavy atom. The summed E-state index contributed by atoms with van der Waals surface area (Å²) in [6.07, 6.45) is 2.15. The first-order valence-corrected chi connectivity index (χ1v) is 5.78. The Hall–Kier alpha value is -2.26. The number of methoxy groups -OCH3 is 1. The van der Waals surface area contributed by atoms with Crippen LogP contribution in [0.4, 0.5) is 11.4 Å². The SMILES string of the molecule is COC(=O)c1ccc2c(c1)NC(=C=O)N2C1CC1. The Kier molecular flexibility index (Phi) is 2.35. The summed E-state index contributed by atoms with van der Waals surface area (Å²) in [6.45, 7) is 0. The average molecular weight is 244 g/mol. The lowest BCUT2D eigenvalue weighted by Crippen LogP contribution is -2.23. The molecule has 1 fully saturated rings. The first-order valence-electron chi connectivity index (χ1n) is 5.78. The highest BCUT2D eigenvalue weighted by Gasteiger charge is 2.37. The summed E-state index contributed by atoms with van der Waals surface area (Å²) >= 11 is 0. The van der Waals surface area contributed by atoms with Crippen LogP contribution in [0.15, 0.2) is 24.0 Å². The lowest BCUT2D eigenvalue weighted by atomic mass is 10.1. The molecule has 1 aliphatic carbocycles. The number of fused-ring (bicyclic) bond motifs is 1. The van der Waals surface area contributed by atoms with E-state index in [0.717, 1.165) is 24.2 Å². The van der Waals surface area contributed by atoms with Crippen LogP contribution in [0, 0.1) is 0 Å². The molecule has 1 heterocycles. The van der Waals surface area contributed by atoms with Gasteiger partial charge < -0.3 is 15.0 Å². The molecular weight excluding hydrogens is 232 g/mol. The lowest BCUT2D eigenvalue weighted by molar-refractivity contribution is 0.0601. The molecule has 0 aromatic heterocycles. The van der Waals surface area contributed by atoms with Crippen LogP contribution in [0.5, 0.6) is 0 Å². The summed E-state index contributed by atoms with van der Waals surface area (Å²) in [5.41, 5.74) is 2.14. The highest BCUT2D eigenvalue weighted by molar-refractivity contribution is 5.95. The Morgan fingerprint density at radius 1 is 1.50 bits per heavy atom. The second kappa shape index (κ2) is 3.89. The van der Waals surface area contributed by atoms with Gasteiger partial charge in [-0.3, -0.25) is 0 Å². The molecule has 1 aromatic carbocycles. The number of rotatable bonds is 2. The molecule has 0 atom stereocenters. The molecule has 1 N–H and O–H groups in total. The van der Waals surface area contributed by atoms with Crippen LogP contribution in [-0.4, -0.2) is 25.1 Å². The Morgan fingerprint density at radius 2 is 2.28 bits per heavy atom. The number of esters is 1. The summed E-state index contributed by atoms with van der Waals surface area (Å²) < 4.78 is 4.67. The number of benzene rings is 1. The van der Waals surface area contributed by atoms with Crippen LogP contribution in [0.1, 0.15) is 23.2 Å². The van der Waals surface area contributed by atoms with Crippen molar-refractivity contribution in [2.24, 2.45) is 0 Å². The summed E-state index contributed by atoms with van der Waals surface area (Å²) in [4.78, 5) is 24.3. The summed E-state index contributed by atoms with van der Waals surface area (Å²) in [5, 5.41) is 2.99. The van der Waals surface area contributed by atoms with E-state index >= 15 is 0 Å². The summed E-state index contributed by atoms with van der Waals surface area (Å²) in [7, 11) is 1.34. The van der Waals surface area contributed by atoms with E-state index in [1.165, 1.54) is 7.11 Å². The fourth-order valence-corrected chi connectivity index (χ4v) is 2.19. The predicted molar refractivity (Wildman–Crippen MR) is 66.1 cm³/mol. The third-order valence-electron chi connectivity index (χ3n) is 3.18. The first-order chi connectivity index (χ1) is 8.74. The van der Waals surface area contributed by atoms with Gasteiger partial charge in [-0.2, -0.15) is 0 Å². The summed E-state index contributed by atoms with van der Waals surface area (Å²) in [6, 6.07) is 5.60. The molecule has 5 nitrogen and oxygen atoms in total. The standard InChI is InChI=1S/C13H12N2O3/c1-18-13(17)8-2-5-11-10(6-8)14-12(7-16)15(11)9-3-4-9/h2,5-6,9,14H,3-4H2,1H3. The van der Waals surface area contributed by atoms with Gasteiger partial charge in [0, 0.05) is 6.04 Å². The second-order valence-electron chi connectivity index (χ2n) is 4.40. The minimum atomic E-state index is -0.388. The van der Waals surface area contributed by atoms with E-state index in [2.05, 4.69) is 10.1 Å². The van der Waals surface area contributed by atoms with Gasteiger partial charge in [-0.25, -0.2) is 9.59 Å². The van der Waals surface area contributed by atoms with Gasteiger partial charge in [-0.1, -0.05) is 0 Å². The number of nitrogens with zero attached hydrogens (tertiary/aromatic N) is 1. The van der Waals surface area contributed by atoms with Crippen LogP contribution in [0.2, 0.25) is 0 Å². The van der Waals surface area contributed by atoms with Gasteiger partial charge in [0.05, 0.1) is 24.0 Å². The third kappa shape index (κ3) is 1.57. The molecule has 3 rings (SSSR count). The lowest BCUT2D eigenvalue weighted by Gasteiger charge is -2.16. The van der Waals surface area contributed by atoms with Crippen LogP contribution in [0.3, 0.4) is 0 Å². The summed E-state index contributed by atoms with van der Waals surface area (Å²) in [5.74, 6) is 1.95. The molecule has 0 radical (unpaired) electrons. The Balaban J connectivity index is 2.02. The normalized spacial score (nSPS) is 16.9. The van der Waals surface area contributed by atoms with Crippen LogP contribution in [0.25, 0.3) is 0 Å². The third-order valence-corrected chi connectivity index (χ3v) is 3.18. The van der Waals surface area contributed by atoms with Crippen LogP contribution >= 0.6 is 0 Å². The molecule has 2 aliphatic rings. The number of anilines is 2. The first kappa shape index (κ1) is 10.9. The van der Waals surface area contributed by atoms with E-state index in [-0.39, 0.29) is 5.97 Å². The zero-order valence-corrected chi connectivity index (χ0v) is 9.90.